The fourth-order valence-corrected chi connectivity index (χ4v) is 10.6. The van der Waals surface area contributed by atoms with Gasteiger partial charge in [0.05, 0.1) is 38.8 Å². The molecule has 5 aromatic carbocycles. The van der Waals surface area contributed by atoms with E-state index in [2.05, 4.69) is 104 Å². The minimum absolute atomic E-state index is 0. The number of aliphatic hydroxyl groups is 1. The number of aromatic amines is 3. The summed E-state index contributed by atoms with van der Waals surface area (Å²) in [4.78, 5) is 38.3. The number of furan rings is 3. The molecule has 12 aromatic rings. The van der Waals surface area contributed by atoms with E-state index in [1.165, 1.54) is 52.4 Å². The van der Waals surface area contributed by atoms with Crippen molar-refractivity contribution in [1.82, 2.24) is 50.1 Å². The number of ketones is 2. The van der Waals surface area contributed by atoms with Crippen LogP contribution in [0.15, 0.2) is 204 Å². The van der Waals surface area contributed by atoms with Gasteiger partial charge in [-0.3, -0.25) is 19.8 Å². The van der Waals surface area contributed by atoms with Gasteiger partial charge in [-0.15, -0.1) is 27.1 Å². The number of halogens is 2. The summed E-state index contributed by atoms with van der Waals surface area (Å²) in [5.41, 5.74) is 7.51. The van der Waals surface area contributed by atoms with Crippen molar-refractivity contribution in [2.75, 3.05) is 17.3 Å². The highest BCUT2D eigenvalue weighted by molar-refractivity contribution is 8.14. The van der Waals surface area contributed by atoms with Gasteiger partial charge in [0.15, 0.2) is 34.7 Å². The van der Waals surface area contributed by atoms with Crippen LogP contribution in [-0.4, -0.2) is 94.8 Å². The summed E-state index contributed by atoms with van der Waals surface area (Å²) < 4.78 is 25.4. The highest BCUT2D eigenvalue weighted by Gasteiger charge is 2.19. The van der Waals surface area contributed by atoms with Crippen molar-refractivity contribution in [2.45, 2.75) is 44.6 Å². The number of aromatic nitrogens is 10. The second-order valence-electron chi connectivity index (χ2n) is 19.1. The van der Waals surface area contributed by atoms with Gasteiger partial charge >= 0.3 is 0 Å². The smallest absolute Gasteiger partial charge is 0.209 e. The minimum atomic E-state index is 0. The van der Waals surface area contributed by atoms with Crippen LogP contribution < -0.4 is 4.74 Å². The van der Waals surface area contributed by atoms with E-state index in [1.807, 2.05) is 91.0 Å². The number of carbonyl (C=O) groups excluding carboxylic acids is 2. The third-order valence-corrected chi connectivity index (χ3v) is 16.3. The van der Waals surface area contributed by atoms with Crippen LogP contribution in [0.5, 0.6) is 5.75 Å². The molecule has 0 saturated heterocycles. The zero-order valence-electron chi connectivity index (χ0n) is 46.2. The predicted octanol–water partition coefficient (Wildman–Crippen LogP) is 15.6. The molecule has 0 radical (unpaired) electrons. The molecule has 1 aliphatic rings. The molecule has 0 atom stereocenters. The maximum atomic E-state index is 11.1. The Morgan fingerprint density at radius 2 is 1.34 bits per heavy atom. The number of fused-ring (bicyclic) bond motifs is 3. The number of benzene rings is 5. The first-order valence-corrected chi connectivity index (χ1v) is 30.2. The molecule has 13 rings (SSSR count). The monoisotopic (exact) mass is 1270 g/mol. The lowest BCUT2D eigenvalue weighted by Gasteiger charge is -2.08. The lowest BCUT2D eigenvalue weighted by Crippen LogP contribution is -2.03. The minimum Gasteiger partial charge on any atom is -0.512 e. The number of hydrogen-bond donors (Lipinski definition) is 4. The van der Waals surface area contributed by atoms with Gasteiger partial charge in [-0.05, 0) is 116 Å². The Labute approximate surface area is 526 Å². The van der Waals surface area contributed by atoms with Crippen LogP contribution in [0, 0.1) is 11.8 Å². The molecule has 0 fully saturated rings. The predicted molar refractivity (Wildman–Crippen MR) is 348 cm³/mol. The molecular formula is C64H52Cl2N12O7S3. The standard InChI is InChI=1S/C24H20N6O3S.C21H16N4O2S.C18H12Cl2N2O2S.CH4/c1-16(31)13-34-24-27-23(28-29-24)22-10-9-21(33-22)18-3-2-4-20(11-18)32-12-17-5-7-19(8-6-17)30-15-25-14-26-30;1-12(26)11-28-21-23-20(24-25-21)19-9-8-18(27-19)13-6-7-15-14-4-2-3-5-16(14)22-17(15)10-13;1-11(23)10-25-18-9-16(21-22-18)17-7-5-13(24-17)4-2-12-3-6-14(19)15(20)8-12;/h2-11,14-15,31H,1,12-13H2,(H,27,28,29);2-10,22H,11H2,1H3,(H,23,24,25);3,5-8H,9-10H2,1H3;1H4. The summed E-state index contributed by atoms with van der Waals surface area (Å²) in [6.45, 7) is 6.99. The van der Waals surface area contributed by atoms with Crippen molar-refractivity contribution in [2.24, 2.45) is 10.2 Å². The summed E-state index contributed by atoms with van der Waals surface area (Å²) >= 11 is 15.8. The third kappa shape index (κ3) is 15.9. The molecule has 0 unspecified atom stereocenters. The Kier molecular flexibility index (Phi) is 20.1. The van der Waals surface area contributed by atoms with Crippen LogP contribution >= 0.6 is 58.5 Å². The molecule has 4 N–H and O–H groups in total. The summed E-state index contributed by atoms with van der Waals surface area (Å²) in [7, 11) is 0. The normalized spacial score (nSPS) is 11.6. The fraction of sp³-hybridized carbons (Fsp3) is 0.125. The van der Waals surface area contributed by atoms with Crippen LogP contribution in [0.4, 0.5) is 0 Å². The van der Waals surface area contributed by atoms with E-state index in [1.54, 1.807) is 49.1 Å². The Hall–Kier alpha value is -9.63. The van der Waals surface area contributed by atoms with Gasteiger partial charge in [0, 0.05) is 44.9 Å². The number of hydrogen-bond acceptors (Lipinski definition) is 18. The van der Waals surface area contributed by atoms with E-state index in [-0.39, 0.29) is 24.8 Å². The molecule has 0 amide bonds. The Bertz CT molecular complexity index is 4570. The second-order valence-corrected chi connectivity index (χ2v) is 22.9. The molecule has 19 nitrogen and oxygen atoms in total. The number of H-pyrrole nitrogens is 3. The molecule has 7 aromatic heterocycles. The average Bonchev–Trinajstić information content (AvgIpc) is 2.58. The molecule has 0 bridgehead atoms. The lowest BCUT2D eigenvalue weighted by molar-refractivity contribution is -0.115. The molecular weight excluding hydrogens is 1220 g/mol. The zero-order valence-corrected chi connectivity index (χ0v) is 50.1. The van der Waals surface area contributed by atoms with Crippen molar-refractivity contribution in [3.8, 4) is 69.1 Å². The van der Waals surface area contributed by atoms with E-state index in [0.29, 0.717) is 91.1 Å². The highest BCUT2D eigenvalue weighted by atomic mass is 35.5. The summed E-state index contributed by atoms with van der Waals surface area (Å²) in [5, 5.41) is 40.7. The Morgan fingerprint density at radius 3 is 2.03 bits per heavy atom. The van der Waals surface area contributed by atoms with Crippen LogP contribution in [-0.2, 0) is 16.2 Å². The number of ether oxygens (including phenoxy) is 1. The van der Waals surface area contributed by atoms with Gasteiger partial charge in [-0.25, -0.2) is 9.67 Å². The number of Topliss-reactive ketones (excluding diaryl/α,β-unsaturated/α-hetero) is 2. The zero-order chi connectivity index (χ0) is 60.2. The van der Waals surface area contributed by atoms with Crippen molar-refractivity contribution < 1.29 is 32.7 Å². The molecule has 8 heterocycles. The first-order valence-electron chi connectivity index (χ1n) is 26.5. The first-order chi connectivity index (χ1) is 42.3. The fourth-order valence-electron chi connectivity index (χ4n) is 8.40. The largest absolute Gasteiger partial charge is 0.512 e. The molecule has 88 heavy (non-hydrogen) atoms. The van der Waals surface area contributed by atoms with Gasteiger partial charge in [0.1, 0.15) is 58.9 Å². The topological polar surface area (TPSA) is 257 Å². The summed E-state index contributed by atoms with van der Waals surface area (Å²) in [5.74, 6) is 12.8. The van der Waals surface area contributed by atoms with E-state index < -0.39 is 0 Å². The van der Waals surface area contributed by atoms with Crippen LogP contribution in [0.3, 0.4) is 0 Å². The van der Waals surface area contributed by atoms with Crippen LogP contribution in [0.2, 0.25) is 10.0 Å². The van der Waals surface area contributed by atoms with Gasteiger partial charge in [0.2, 0.25) is 10.3 Å². The number of carbonyl (C=O) groups is 2. The number of nitrogens with zero attached hydrogens (tertiary/aromatic N) is 9. The number of rotatable bonds is 17. The van der Waals surface area contributed by atoms with E-state index in [0.717, 1.165) is 61.2 Å². The van der Waals surface area contributed by atoms with Gasteiger partial charge in [-0.1, -0.05) is 121 Å². The highest BCUT2D eigenvalue weighted by Crippen LogP contribution is 2.34. The first kappa shape index (κ1) is 61.5. The third-order valence-electron chi connectivity index (χ3n) is 12.5. The molecule has 0 saturated carbocycles. The Morgan fingerprint density at radius 1 is 0.670 bits per heavy atom. The molecule has 442 valence electrons. The number of thioether (sulfide) groups is 3. The quantitative estimate of drug-likeness (QED) is 0.0375. The SMILES string of the molecule is C.C=C(O)CSc1n[nH]c(-c2ccc(-c3cccc(OCc4ccc(-n5cncn5)cc4)c3)o2)n1.CC(=O)CSC1=NN=C(c2ccc(C#Cc3ccc(Cl)c(Cl)c3)o2)C1.CC(=O)CSc1n[nH]c(-c2ccc(-c3ccc4c(c3)[nH]c3ccccc34)o2)n1. The van der Waals surface area contributed by atoms with E-state index in [9.17, 15) is 14.7 Å². The summed E-state index contributed by atoms with van der Waals surface area (Å²) in [6.07, 6.45) is 3.72. The maximum Gasteiger partial charge on any atom is 0.209 e. The van der Waals surface area contributed by atoms with Crippen molar-refractivity contribution in [3.05, 3.63) is 203 Å². The van der Waals surface area contributed by atoms with Crippen LogP contribution in [0.1, 0.15) is 50.3 Å². The second kappa shape index (κ2) is 28.7. The van der Waals surface area contributed by atoms with Gasteiger partial charge in [-0.2, -0.15) is 20.2 Å². The maximum absolute atomic E-state index is 11.1. The summed E-state index contributed by atoms with van der Waals surface area (Å²) in [6, 6.07) is 46.5. The molecule has 0 spiro atoms. The molecule has 0 aliphatic carbocycles. The Balaban J connectivity index is 0.000000147. The van der Waals surface area contributed by atoms with Gasteiger partial charge in [0.25, 0.3) is 0 Å². The lowest BCUT2D eigenvalue weighted by atomic mass is 10.1. The van der Waals surface area contributed by atoms with Gasteiger partial charge < -0.3 is 28.1 Å². The van der Waals surface area contributed by atoms with Crippen molar-refractivity contribution in [1.29, 1.82) is 0 Å². The molecule has 1 aliphatic heterocycles. The van der Waals surface area contributed by atoms with Crippen molar-refractivity contribution in [3.63, 3.8) is 0 Å². The van der Waals surface area contributed by atoms with E-state index in [4.69, 9.17) is 41.2 Å². The van der Waals surface area contributed by atoms with E-state index >= 15 is 0 Å². The molecule has 24 heteroatoms. The number of para-hydroxylation sites is 1. The number of nitrogens with one attached hydrogen (secondary N) is 3. The van der Waals surface area contributed by atoms with Crippen molar-refractivity contribution >= 4 is 103 Å². The van der Waals surface area contributed by atoms with Crippen LogP contribution in [0.25, 0.3) is 73.3 Å². The number of aliphatic hydroxyl groups excluding tert-OH is 1. The average molecular weight is 1270 g/mol.